The Morgan fingerprint density at radius 2 is 2.22 bits per heavy atom. The summed E-state index contributed by atoms with van der Waals surface area (Å²) in [5, 5.41) is 4.60. The second-order valence-electron chi connectivity index (χ2n) is 1.46. The molecule has 0 aliphatic carbocycles. The summed E-state index contributed by atoms with van der Waals surface area (Å²) in [4.78, 5) is 0. The Labute approximate surface area is 54.9 Å². The molecule has 5 heteroatoms. The monoisotopic (exact) mass is 150 g/mol. The van der Waals surface area contributed by atoms with Gasteiger partial charge < -0.3 is 0 Å². The molecule has 4 nitrogen and oxygen atoms in total. The van der Waals surface area contributed by atoms with Gasteiger partial charge in [-0.2, -0.15) is 13.1 Å². The minimum atomic E-state index is -3.50. The highest BCUT2D eigenvalue weighted by molar-refractivity contribution is 7.87. The third-order valence-corrected chi connectivity index (χ3v) is 1.21. The topological polar surface area (TPSA) is 72.2 Å². The molecular formula is C4H10N2O2S. The number of rotatable bonds is 3. The van der Waals surface area contributed by atoms with Crippen LogP contribution in [0.4, 0.5) is 0 Å². The molecule has 0 aromatic carbocycles. The van der Waals surface area contributed by atoms with Crippen LogP contribution in [-0.4, -0.2) is 15.0 Å². The van der Waals surface area contributed by atoms with Gasteiger partial charge in [-0.05, 0) is 6.92 Å². The molecule has 3 N–H and O–H groups in total. The second-order valence-corrected chi connectivity index (χ2v) is 2.84. The lowest BCUT2D eigenvalue weighted by atomic mass is 10.5. The zero-order valence-corrected chi connectivity index (χ0v) is 5.98. The molecule has 0 saturated carbocycles. The number of allylic oxidation sites excluding steroid dienone is 1. The summed E-state index contributed by atoms with van der Waals surface area (Å²) >= 11 is 0. The van der Waals surface area contributed by atoms with Crippen LogP contribution < -0.4 is 9.86 Å². The molecule has 0 aliphatic rings. The first-order valence-electron chi connectivity index (χ1n) is 2.45. The van der Waals surface area contributed by atoms with Crippen LogP contribution in [0, 0.1) is 0 Å². The Balaban J connectivity index is 3.53. The van der Waals surface area contributed by atoms with Crippen molar-refractivity contribution in [2.75, 3.05) is 6.54 Å². The lowest BCUT2D eigenvalue weighted by molar-refractivity contribution is 0.587. The fourth-order valence-electron chi connectivity index (χ4n) is 0.282. The summed E-state index contributed by atoms with van der Waals surface area (Å²) in [6, 6.07) is 0. The Kier molecular flexibility index (Phi) is 3.44. The molecule has 0 aromatic heterocycles. The van der Waals surface area contributed by atoms with E-state index in [9.17, 15) is 8.42 Å². The van der Waals surface area contributed by atoms with Crippen LogP contribution in [0.3, 0.4) is 0 Å². The van der Waals surface area contributed by atoms with Gasteiger partial charge in [-0.1, -0.05) is 12.2 Å². The lowest BCUT2D eigenvalue weighted by Crippen LogP contribution is -2.30. The van der Waals surface area contributed by atoms with E-state index >= 15 is 0 Å². The Hall–Kier alpha value is -0.390. The fraction of sp³-hybridized carbons (Fsp3) is 0.500. The lowest BCUT2D eigenvalue weighted by Gasteiger charge is -1.93. The number of nitrogens with one attached hydrogen (secondary N) is 1. The molecule has 0 fully saturated rings. The minimum absolute atomic E-state index is 0.259. The maximum atomic E-state index is 10.1. The summed E-state index contributed by atoms with van der Waals surface area (Å²) in [6.45, 7) is 2.06. The van der Waals surface area contributed by atoms with Crippen molar-refractivity contribution in [1.82, 2.24) is 4.72 Å². The molecule has 0 bridgehead atoms. The minimum Gasteiger partial charge on any atom is -0.216 e. The van der Waals surface area contributed by atoms with Crippen molar-refractivity contribution in [3.8, 4) is 0 Å². The highest BCUT2D eigenvalue weighted by atomic mass is 32.2. The zero-order chi connectivity index (χ0) is 7.33. The number of nitrogens with two attached hydrogens (primary N) is 1. The van der Waals surface area contributed by atoms with E-state index in [1.807, 2.05) is 0 Å². The maximum absolute atomic E-state index is 10.1. The van der Waals surface area contributed by atoms with Crippen molar-refractivity contribution >= 4 is 10.2 Å². The average molecular weight is 150 g/mol. The van der Waals surface area contributed by atoms with Gasteiger partial charge in [-0.25, -0.2) is 5.14 Å². The SMILES string of the molecule is C/C=C/CNS(N)(=O)=O. The smallest absolute Gasteiger partial charge is 0.216 e. The summed E-state index contributed by atoms with van der Waals surface area (Å²) in [5.41, 5.74) is 0. The summed E-state index contributed by atoms with van der Waals surface area (Å²) < 4.78 is 22.4. The van der Waals surface area contributed by atoms with Crippen LogP contribution >= 0.6 is 0 Å². The summed E-state index contributed by atoms with van der Waals surface area (Å²) in [5.74, 6) is 0. The molecular weight excluding hydrogens is 140 g/mol. The van der Waals surface area contributed by atoms with Crippen molar-refractivity contribution in [2.45, 2.75) is 6.92 Å². The highest BCUT2D eigenvalue weighted by Gasteiger charge is 1.94. The van der Waals surface area contributed by atoms with Crippen LogP contribution in [0.15, 0.2) is 12.2 Å². The zero-order valence-electron chi connectivity index (χ0n) is 5.16. The van der Waals surface area contributed by atoms with E-state index in [1.165, 1.54) is 0 Å². The van der Waals surface area contributed by atoms with Crippen molar-refractivity contribution in [1.29, 1.82) is 0 Å². The molecule has 0 aliphatic heterocycles. The predicted molar refractivity (Wildman–Crippen MR) is 35.9 cm³/mol. The number of hydrogen-bond donors (Lipinski definition) is 2. The van der Waals surface area contributed by atoms with E-state index in [0.29, 0.717) is 0 Å². The Morgan fingerprint density at radius 3 is 2.56 bits per heavy atom. The van der Waals surface area contributed by atoms with Gasteiger partial charge in [0.05, 0.1) is 0 Å². The van der Waals surface area contributed by atoms with Crippen molar-refractivity contribution in [3.05, 3.63) is 12.2 Å². The normalized spacial score (nSPS) is 12.7. The van der Waals surface area contributed by atoms with Crippen LogP contribution in [0.5, 0.6) is 0 Å². The van der Waals surface area contributed by atoms with Gasteiger partial charge in [-0.3, -0.25) is 0 Å². The maximum Gasteiger partial charge on any atom is 0.274 e. The second kappa shape index (κ2) is 3.60. The van der Waals surface area contributed by atoms with E-state index in [1.54, 1.807) is 19.1 Å². The molecule has 0 heterocycles. The van der Waals surface area contributed by atoms with E-state index in [2.05, 4.69) is 9.86 Å². The quantitative estimate of drug-likeness (QED) is 0.525. The molecule has 0 atom stereocenters. The van der Waals surface area contributed by atoms with E-state index in [-0.39, 0.29) is 6.54 Å². The molecule has 0 radical (unpaired) electrons. The van der Waals surface area contributed by atoms with Crippen LogP contribution in [0.2, 0.25) is 0 Å². The van der Waals surface area contributed by atoms with Gasteiger partial charge in [0.25, 0.3) is 10.2 Å². The van der Waals surface area contributed by atoms with E-state index in [4.69, 9.17) is 0 Å². The Morgan fingerprint density at radius 1 is 1.67 bits per heavy atom. The molecule has 0 spiro atoms. The standard InChI is InChI=1S/C4H10N2O2S/c1-2-3-4-6-9(5,7)8/h2-3,6H,4H2,1H3,(H2,5,7,8)/b3-2+. The van der Waals surface area contributed by atoms with E-state index < -0.39 is 10.2 Å². The predicted octanol–water partition coefficient (Wildman–Crippen LogP) is -0.644. The molecule has 0 unspecified atom stereocenters. The largest absolute Gasteiger partial charge is 0.274 e. The average Bonchev–Trinajstić information content (AvgIpc) is 1.63. The van der Waals surface area contributed by atoms with Crippen molar-refractivity contribution < 1.29 is 8.42 Å². The molecule has 0 rings (SSSR count). The van der Waals surface area contributed by atoms with E-state index in [0.717, 1.165) is 0 Å². The van der Waals surface area contributed by atoms with Gasteiger partial charge in [0.15, 0.2) is 0 Å². The van der Waals surface area contributed by atoms with Gasteiger partial charge in [0, 0.05) is 6.54 Å². The molecule has 0 saturated heterocycles. The van der Waals surface area contributed by atoms with Crippen LogP contribution in [-0.2, 0) is 10.2 Å². The van der Waals surface area contributed by atoms with Gasteiger partial charge in [0.1, 0.15) is 0 Å². The van der Waals surface area contributed by atoms with Crippen molar-refractivity contribution in [2.24, 2.45) is 5.14 Å². The summed E-state index contributed by atoms with van der Waals surface area (Å²) in [7, 11) is -3.50. The first-order valence-corrected chi connectivity index (χ1v) is 3.99. The highest BCUT2D eigenvalue weighted by Crippen LogP contribution is 1.69. The third kappa shape index (κ3) is 7.61. The third-order valence-electron chi connectivity index (χ3n) is 0.638. The van der Waals surface area contributed by atoms with Crippen molar-refractivity contribution in [3.63, 3.8) is 0 Å². The van der Waals surface area contributed by atoms with Gasteiger partial charge in [-0.15, -0.1) is 0 Å². The molecule has 0 amide bonds. The van der Waals surface area contributed by atoms with Gasteiger partial charge >= 0.3 is 0 Å². The molecule has 9 heavy (non-hydrogen) atoms. The molecule has 0 aromatic rings. The first-order chi connectivity index (χ1) is 4.06. The molecule has 54 valence electrons. The Bertz CT molecular complexity index is 183. The summed E-state index contributed by atoms with van der Waals surface area (Å²) in [6.07, 6.45) is 3.39. The van der Waals surface area contributed by atoms with Gasteiger partial charge in [0.2, 0.25) is 0 Å². The first kappa shape index (κ1) is 8.61. The van der Waals surface area contributed by atoms with Crippen LogP contribution in [0.1, 0.15) is 6.92 Å². The fourth-order valence-corrected chi connectivity index (χ4v) is 0.611. The van der Waals surface area contributed by atoms with Crippen LogP contribution in [0.25, 0.3) is 0 Å². The number of hydrogen-bond acceptors (Lipinski definition) is 2.